The van der Waals surface area contributed by atoms with Crippen LogP contribution in [0.25, 0.3) is 0 Å². The van der Waals surface area contributed by atoms with Crippen molar-refractivity contribution in [1.82, 2.24) is 19.9 Å². The van der Waals surface area contributed by atoms with Crippen molar-refractivity contribution >= 4 is 17.4 Å². The van der Waals surface area contributed by atoms with Crippen molar-refractivity contribution in [3.8, 4) is 0 Å². The van der Waals surface area contributed by atoms with Gasteiger partial charge in [0.05, 0.1) is 0 Å². The van der Waals surface area contributed by atoms with Gasteiger partial charge in [-0.3, -0.25) is 9.88 Å². The fourth-order valence-electron chi connectivity index (χ4n) is 2.51. The SMILES string of the molecule is CSc1ncc(CN2CCN(c3ccncc3)CC2)cn1. The van der Waals surface area contributed by atoms with Crippen molar-refractivity contribution in [3.05, 3.63) is 42.5 Å². The van der Waals surface area contributed by atoms with Gasteiger partial charge in [-0.25, -0.2) is 9.97 Å². The molecule has 0 bridgehead atoms. The van der Waals surface area contributed by atoms with Gasteiger partial charge in [0.25, 0.3) is 0 Å². The van der Waals surface area contributed by atoms with E-state index in [4.69, 9.17) is 0 Å². The van der Waals surface area contributed by atoms with Crippen LogP contribution in [0.1, 0.15) is 5.56 Å². The van der Waals surface area contributed by atoms with Crippen molar-refractivity contribution in [2.24, 2.45) is 0 Å². The van der Waals surface area contributed by atoms with Crippen LogP contribution in [0, 0.1) is 0 Å². The van der Waals surface area contributed by atoms with Crippen molar-refractivity contribution in [3.63, 3.8) is 0 Å². The number of pyridine rings is 1. The lowest BCUT2D eigenvalue weighted by molar-refractivity contribution is 0.249. The van der Waals surface area contributed by atoms with Gasteiger partial charge in [0.2, 0.25) is 0 Å². The Labute approximate surface area is 129 Å². The molecule has 0 radical (unpaired) electrons. The lowest BCUT2D eigenvalue weighted by Crippen LogP contribution is -2.46. The summed E-state index contributed by atoms with van der Waals surface area (Å²) in [7, 11) is 0. The highest BCUT2D eigenvalue weighted by Gasteiger charge is 2.17. The molecular formula is C15H19N5S. The van der Waals surface area contributed by atoms with Crippen molar-refractivity contribution < 1.29 is 0 Å². The molecule has 0 spiro atoms. The first-order valence-electron chi connectivity index (χ1n) is 7.07. The van der Waals surface area contributed by atoms with Crippen LogP contribution < -0.4 is 4.90 Å². The average Bonchev–Trinajstić information content (AvgIpc) is 2.57. The molecule has 2 aromatic heterocycles. The number of nitrogens with zero attached hydrogens (tertiary/aromatic N) is 5. The largest absolute Gasteiger partial charge is 0.369 e. The molecule has 1 aliphatic heterocycles. The lowest BCUT2D eigenvalue weighted by Gasteiger charge is -2.35. The summed E-state index contributed by atoms with van der Waals surface area (Å²) in [6.07, 6.45) is 9.58. The molecule has 0 saturated carbocycles. The summed E-state index contributed by atoms with van der Waals surface area (Å²) in [6, 6.07) is 4.15. The van der Waals surface area contributed by atoms with E-state index in [2.05, 4.69) is 36.9 Å². The number of aromatic nitrogens is 3. The van der Waals surface area contributed by atoms with E-state index >= 15 is 0 Å². The van der Waals surface area contributed by atoms with Crippen molar-refractivity contribution in [2.45, 2.75) is 11.7 Å². The van der Waals surface area contributed by atoms with Crippen molar-refractivity contribution in [1.29, 1.82) is 0 Å². The van der Waals surface area contributed by atoms with Gasteiger partial charge >= 0.3 is 0 Å². The normalized spacial score (nSPS) is 16.1. The average molecular weight is 301 g/mol. The Kier molecular flexibility index (Phi) is 4.67. The number of rotatable bonds is 4. The molecule has 2 aromatic rings. The van der Waals surface area contributed by atoms with E-state index in [1.165, 1.54) is 11.3 Å². The highest BCUT2D eigenvalue weighted by molar-refractivity contribution is 7.98. The van der Waals surface area contributed by atoms with E-state index in [-0.39, 0.29) is 0 Å². The smallest absolute Gasteiger partial charge is 0.187 e. The summed E-state index contributed by atoms with van der Waals surface area (Å²) in [5.41, 5.74) is 2.45. The summed E-state index contributed by atoms with van der Waals surface area (Å²) >= 11 is 1.57. The number of hydrogen-bond donors (Lipinski definition) is 0. The fraction of sp³-hybridized carbons (Fsp3) is 0.400. The summed E-state index contributed by atoms with van der Waals surface area (Å²) in [5, 5.41) is 0.834. The molecule has 0 aromatic carbocycles. The predicted molar refractivity (Wildman–Crippen MR) is 85.5 cm³/mol. The standard InChI is InChI=1S/C15H19N5S/c1-21-15-17-10-13(11-18-15)12-19-6-8-20(9-7-19)14-2-4-16-5-3-14/h2-5,10-11H,6-9,12H2,1H3. The van der Waals surface area contributed by atoms with Gasteiger partial charge in [-0.15, -0.1) is 0 Å². The third-order valence-corrected chi connectivity index (χ3v) is 4.25. The maximum absolute atomic E-state index is 4.33. The van der Waals surface area contributed by atoms with E-state index in [0.29, 0.717) is 0 Å². The summed E-state index contributed by atoms with van der Waals surface area (Å²) < 4.78 is 0. The highest BCUT2D eigenvalue weighted by Crippen LogP contribution is 2.16. The Morgan fingerprint density at radius 3 is 2.33 bits per heavy atom. The zero-order valence-electron chi connectivity index (χ0n) is 12.1. The molecule has 0 atom stereocenters. The topological polar surface area (TPSA) is 45.2 Å². The van der Waals surface area contributed by atoms with Gasteiger partial charge in [-0.2, -0.15) is 0 Å². The third kappa shape index (κ3) is 3.71. The minimum Gasteiger partial charge on any atom is -0.369 e. The number of anilines is 1. The molecule has 1 saturated heterocycles. The lowest BCUT2D eigenvalue weighted by atomic mass is 10.2. The minimum absolute atomic E-state index is 0.834. The summed E-state index contributed by atoms with van der Waals surface area (Å²) in [4.78, 5) is 17.6. The van der Waals surface area contributed by atoms with Crippen molar-refractivity contribution in [2.75, 3.05) is 37.3 Å². The number of hydrogen-bond acceptors (Lipinski definition) is 6. The summed E-state index contributed by atoms with van der Waals surface area (Å²) in [6.45, 7) is 5.15. The van der Waals surface area contributed by atoms with E-state index in [9.17, 15) is 0 Å². The second-order valence-corrected chi connectivity index (χ2v) is 5.82. The second-order valence-electron chi connectivity index (χ2n) is 5.05. The summed E-state index contributed by atoms with van der Waals surface area (Å²) in [5.74, 6) is 0. The molecule has 21 heavy (non-hydrogen) atoms. The molecule has 3 heterocycles. The van der Waals surface area contributed by atoms with Crippen LogP contribution in [0.2, 0.25) is 0 Å². The third-order valence-electron chi connectivity index (χ3n) is 3.67. The Bertz CT molecular complexity index is 552. The Morgan fingerprint density at radius 1 is 1.05 bits per heavy atom. The highest BCUT2D eigenvalue weighted by atomic mass is 32.2. The van der Waals surface area contributed by atoms with Crippen LogP contribution in [0.4, 0.5) is 5.69 Å². The fourth-order valence-corrected chi connectivity index (χ4v) is 2.82. The molecule has 6 heteroatoms. The number of thioether (sulfide) groups is 1. The Balaban J connectivity index is 1.53. The molecule has 3 rings (SSSR count). The molecular weight excluding hydrogens is 282 g/mol. The first-order valence-corrected chi connectivity index (χ1v) is 8.30. The molecule has 5 nitrogen and oxygen atoms in total. The number of piperazine rings is 1. The van der Waals surface area contributed by atoms with Crippen LogP contribution in [-0.4, -0.2) is 52.3 Å². The van der Waals surface area contributed by atoms with Gasteiger partial charge in [0, 0.05) is 68.8 Å². The van der Waals surface area contributed by atoms with E-state index in [1.807, 2.05) is 31.0 Å². The Morgan fingerprint density at radius 2 is 1.71 bits per heavy atom. The zero-order valence-corrected chi connectivity index (χ0v) is 13.0. The maximum atomic E-state index is 4.33. The molecule has 1 aliphatic rings. The van der Waals surface area contributed by atoms with Crippen LogP contribution in [0.3, 0.4) is 0 Å². The minimum atomic E-state index is 0.834. The molecule has 0 aliphatic carbocycles. The van der Waals surface area contributed by atoms with E-state index < -0.39 is 0 Å². The first kappa shape index (κ1) is 14.3. The first-order chi connectivity index (χ1) is 10.3. The van der Waals surface area contributed by atoms with Crippen LogP contribution in [-0.2, 0) is 6.54 Å². The maximum Gasteiger partial charge on any atom is 0.187 e. The molecule has 0 amide bonds. The molecule has 0 unspecified atom stereocenters. The van der Waals surface area contributed by atoms with Crippen LogP contribution >= 0.6 is 11.8 Å². The van der Waals surface area contributed by atoms with Gasteiger partial charge in [-0.1, -0.05) is 11.8 Å². The van der Waals surface area contributed by atoms with Crippen LogP contribution in [0.15, 0.2) is 42.1 Å². The van der Waals surface area contributed by atoms with Gasteiger partial charge in [0.1, 0.15) is 0 Å². The zero-order chi connectivity index (χ0) is 14.5. The van der Waals surface area contributed by atoms with Gasteiger partial charge in [0.15, 0.2) is 5.16 Å². The van der Waals surface area contributed by atoms with E-state index in [0.717, 1.165) is 37.9 Å². The van der Waals surface area contributed by atoms with Gasteiger partial charge in [-0.05, 0) is 18.4 Å². The quantitative estimate of drug-likeness (QED) is 0.635. The molecule has 0 N–H and O–H groups in total. The molecule has 110 valence electrons. The predicted octanol–water partition coefficient (Wildman–Crippen LogP) is 1.92. The van der Waals surface area contributed by atoms with E-state index in [1.54, 1.807) is 11.8 Å². The van der Waals surface area contributed by atoms with Crippen LogP contribution in [0.5, 0.6) is 0 Å². The monoisotopic (exact) mass is 301 g/mol. The molecule has 1 fully saturated rings. The second kappa shape index (κ2) is 6.87. The van der Waals surface area contributed by atoms with Gasteiger partial charge < -0.3 is 4.90 Å². The Hall–Kier alpha value is -1.66.